The van der Waals surface area contributed by atoms with Gasteiger partial charge in [0.15, 0.2) is 0 Å². The van der Waals surface area contributed by atoms with Crippen molar-refractivity contribution in [3.05, 3.63) is 0 Å². The molecule has 2 fully saturated rings. The van der Waals surface area contributed by atoms with Crippen LogP contribution in [-0.4, -0.2) is 54.9 Å². The number of aliphatic hydroxyl groups excluding tert-OH is 1. The first-order valence-corrected chi connectivity index (χ1v) is 9.31. The van der Waals surface area contributed by atoms with Crippen molar-refractivity contribution >= 4 is 6.03 Å². The van der Waals surface area contributed by atoms with E-state index in [1.54, 1.807) is 0 Å². The van der Waals surface area contributed by atoms with E-state index in [1.165, 1.54) is 6.42 Å². The number of carbonyl (C=O) groups is 1. The summed E-state index contributed by atoms with van der Waals surface area (Å²) in [7, 11) is 0. The van der Waals surface area contributed by atoms with Crippen molar-refractivity contribution in [2.24, 2.45) is 17.3 Å². The molecule has 3 atom stereocenters. The summed E-state index contributed by atoms with van der Waals surface area (Å²) in [5.74, 6) is 1.27. The highest BCUT2D eigenvalue weighted by Crippen LogP contribution is 2.35. The van der Waals surface area contributed by atoms with Gasteiger partial charge < -0.3 is 20.6 Å². The minimum absolute atomic E-state index is 0.0914. The Morgan fingerprint density at radius 1 is 1.30 bits per heavy atom. The monoisotopic (exact) mass is 325 g/mol. The topological polar surface area (TPSA) is 64.6 Å². The number of amides is 2. The molecular formula is C18H35N3O2. The molecule has 1 aliphatic carbocycles. The predicted molar refractivity (Wildman–Crippen MR) is 93.4 cm³/mol. The van der Waals surface area contributed by atoms with Gasteiger partial charge in [-0.25, -0.2) is 4.79 Å². The van der Waals surface area contributed by atoms with E-state index in [2.05, 4.69) is 36.3 Å². The van der Waals surface area contributed by atoms with E-state index in [4.69, 9.17) is 0 Å². The van der Waals surface area contributed by atoms with Gasteiger partial charge in [0.2, 0.25) is 0 Å². The van der Waals surface area contributed by atoms with Crippen LogP contribution in [0.5, 0.6) is 0 Å². The maximum atomic E-state index is 12.0. The quantitative estimate of drug-likeness (QED) is 0.701. The molecule has 1 heterocycles. The van der Waals surface area contributed by atoms with E-state index >= 15 is 0 Å². The molecule has 5 heteroatoms. The van der Waals surface area contributed by atoms with Crippen molar-refractivity contribution < 1.29 is 9.90 Å². The van der Waals surface area contributed by atoms with Gasteiger partial charge in [-0.15, -0.1) is 0 Å². The Morgan fingerprint density at radius 2 is 2.09 bits per heavy atom. The minimum atomic E-state index is -0.295. The van der Waals surface area contributed by atoms with Crippen molar-refractivity contribution in [3.63, 3.8) is 0 Å². The molecule has 1 saturated heterocycles. The molecule has 2 amide bonds. The van der Waals surface area contributed by atoms with Gasteiger partial charge in [0.1, 0.15) is 0 Å². The van der Waals surface area contributed by atoms with Crippen LogP contribution in [0.4, 0.5) is 4.79 Å². The Bertz CT molecular complexity index is 388. The average Bonchev–Trinajstić information content (AvgIpc) is 2.93. The van der Waals surface area contributed by atoms with E-state index in [0.717, 1.165) is 51.9 Å². The van der Waals surface area contributed by atoms with Gasteiger partial charge in [-0.3, -0.25) is 0 Å². The maximum absolute atomic E-state index is 12.0. The highest BCUT2D eigenvalue weighted by Gasteiger charge is 2.35. The third-order valence-corrected chi connectivity index (χ3v) is 5.48. The van der Waals surface area contributed by atoms with Crippen LogP contribution in [0, 0.1) is 17.3 Å². The second-order valence-corrected chi connectivity index (χ2v) is 8.29. The summed E-state index contributed by atoms with van der Waals surface area (Å²) >= 11 is 0. The lowest BCUT2D eigenvalue weighted by molar-refractivity contribution is 0.00308. The SMILES string of the molecule is CC(C)CN1CCC(CNC(=O)NCC2(C)CCCCC2O)C1. The third-order valence-electron chi connectivity index (χ3n) is 5.48. The molecule has 2 rings (SSSR count). The van der Waals surface area contributed by atoms with Gasteiger partial charge in [-0.05, 0) is 37.6 Å². The first-order chi connectivity index (χ1) is 10.9. The standard InChI is InChI=1S/C18H35N3O2/c1-14(2)11-21-9-7-15(12-21)10-19-17(23)20-13-18(3)8-5-4-6-16(18)22/h14-16,22H,4-13H2,1-3H3,(H2,19,20,23). The summed E-state index contributed by atoms with van der Waals surface area (Å²) < 4.78 is 0. The van der Waals surface area contributed by atoms with Gasteiger partial charge in [0, 0.05) is 31.6 Å². The Balaban J connectivity index is 1.64. The number of nitrogens with zero attached hydrogens (tertiary/aromatic N) is 1. The molecule has 0 radical (unpaired) electrons. The predicted octanol–water partition coefficient (Wildman–Crippen LogP) is 2.20. The molecular weight excluding hydrogens is 290 g/mol. The van der Waals surface area contributed by atoms with Crippen molar-refractivity contribution in [3.8, 4) is 0 Å². The van der Waals surface area contributed by atoms with Crippen LogP contribution < -0.4 is 10.6 Å². The number of hydrogen-bond donors (Lipinski definition) is 3. The molecule has 1 saturated carbocycles. The van der Waals surface area contributed by atoms with Gasteiger partial charge in [0.25, 0.3) is 0 Å². The number of hydrogen-bond acceptors (Lipinski definition) is 3. The molecule has 1 aliphatic heterocycles. The van der Waals surface area contributed by atoms with Crippen molar-refractivity contribution in [1.82, 2.24) is 15.5 Å². The lowest BCUT2D eigenvalue weighted by Crippen LogP contribution is -2.48. The van der Waals surface area contributed by atoms with Gasteiger partial charge in [-0.1, -0.05) is 33.6 Å². The summed E-state index contributed by atoms with van der Waals surface area (Å²) in [6.07, 6.45) is 4.95. The number of aliphatic hydroxyl groups is 1. The average molecular weight is 325 g/mol. The number of carbonyl (C=O) groups excluding carboxylic acids is 1. The molecule has 134 valence electrons. The van der Waals surface area contributed by atoms with E-state index in [-0.39, 0.29) is 17.6 Å². The molecule has 0 spiro atoms. The summed E-state index contributed by atoms with van der Waals surface area (Å²) in [5.41, 5.74) is -0.170. The Morgan fingerprint density at radius 3 is 2.78 bits per heavy atom. The van der Waals surface area contributed by atoms with E-state index in [9.17, 15) is 9.90 Å². The Hall–Kier alpha value is -0.810. The summed E-state index contributed by atoms with van der Waals surface area (Å²) in [6.45, 7) is 11.3. The van der Waals surface area contributed by atoms with E-state index < -0.39 is 0 Å². The molecule has 0 bridgehead atoms. The molecule has 2 aliphatic rings. The Labute approximate surface area is 141 Å². The van der Waals surface area contributed by atoms with Gasteiger partial charge in [0.05, 0.1) is 6.10 Å². The summed E-state index contributed by atoms with van der Waals surface area (Å²) in [4.78, 5) is 14.5. The van der Waals surface area contributed by atoms with E-state index in [0.29, 0.717) is 18.4 Å². The number of urea groups is 1. The fourth-order valence-corrected chi connectivity index (χ4v) is 3.93. The van der Waals surface area contributed by atoms with Crippen LogP contribution in [0.3, 0.4) is 0 Å². The lowest BCUT2D eigenvalue weighted by Gasteiger charge is -2.38. The fraction of sp³-hybridized carbons (Fsp3) is 0.944. The highest BCUT2D eigenvalue weighted by molar-refractivity contribution is 5.73. The second-order valence-electron chi connectivity index (χ2n) is 8.29. The summed E-state index contributed by atoms with van der Waals surface area (Å²) in [5, 5.41) is 16.1. The highest BCUT2D eigenvalue weighted by atomic mass is 16.3. The van der Waals surface area contributed by atoms with E-state index in [1.807, 2.05) is 0 Å². The Kier molecular flexibility index (Phi) is 6.72. The van der Waals surface area contributed by atoms with Crippen LogP contribution in [0.25, 0.3) is 0 Å². The second kappa shape index (κ2) is 8.34. The van der Waals surface area contributed by atoms with Crippen LogP contribution >= 0.6 is 0 Å². The van der Waals surface area contributed by atoms with Crippen molar-refractivity contribution in [2.75, 3.05) is 32.7 Å². The molecule has 0 aromatic heterocycles. The largest absolute Gasteiger partial charge is 0.392 e. The van der Waals surface area contributed by atoms with Crippen LogP contribution in [0.1, 0.15) is 52.9 Å². The van der Waals surface area contributed by atoms with Crippen molar-refractivity contribution in [1.29, 1.82) is 0 Å². The minimum Gasteiger partial charge on any atom is -0.392 e. The normalized spacial score (nSPS) is 32.2. The number of likely N-dealkylation sites (tertiary alicyclic amines) is 1. The smallest absolute Gasteiger partial charge is 0.314 e. The first kappa shape index (κ1) is 18.5. The first-order valence-electron chi connectivity index (χ1n) is 9.31. The van der Waals surface area contributed by atoms with Gasteiger partial charge >= 0.3 is 6.03 Å². The van der Waals surface area contributed by atoms with Crippen LogP contribution in [-0.2, 0) is 0 Å². The molecule has 3 N–H and O–H groups in total. The molecule has 0 aromatic carbocycles. The lowest BCUT2D eigenvalue weighted by atomic mass is 9.73. The number of rotatable bonds is 6. The van der Waals surface area contributed by atoms with Crippen molar-refractivity contribution in [2.45, 2.75) is 59.0 Å². The zero-order valence-electron chi connectivity index (χ0n) is 15.1. The fourth-order valence-electron chi connectivity index (χ4n) is 3.93. The van der Waals surface area contributed by atoms with Gasteiger partial charge in [-0.2, -0.15) is 0 Å². The molecule has 0 aromatic rings. The maximum Gasteiger partial charge on any atom is 0.314 e. The third kappa shape index (κ3) is 5.64. The van der Waals surface area contributed by atoms with Crippen LogP contribution in [0.2, 0.25) is 0 Å². The summed E-state index contributed by atoms with van der Waals surface area (Å²) in [6, 6.07) is -0.0914. The molecule has 5 nitrogen and oxygen atoms in total. The van der Waals surface area contributed by atoms with Crippen LogP contribution in [0.15, 0.2) is 0 Å². The zero-order chi connectivity index (χ0) is 16.9. The molecule has 23 heavy (non-hydrogen) atoms. The number of nitrogens with one attached hydrogen (secondary N) is 2. The molecule has 3 unspecified atom stereocenters. The zero-order valence-corrected chi connectivity index (χ0v) is 15.1.